The third kappa shape index (κ3) is 3.51. The summed E-state index contributed by atoms with van der Waals surface area (Å²) in [5.74, 6) is 2.82. The third-order valence-electron chi connectivity index (χ3n) is 2.91. The van der Waals surface area contributed by atoms with Crippen LogP contribution >= 0.6 is 34.7 Å². The van der Waals surface area contributed by atoms with Crippen molar-refractivity contribution in [2.75, 3.05) is 11.5 Å². The molecule has 0 aliphatic heterocycles. The first-order chi connectivity index (χ1) is 7.75. The van der Waals surface area contributed by atoms with E-state index in [1.165, 1.54) is 37.0 Å². The van der Waals surface area contributed by atoms with Crippen molar-refractivity contribution in [2.45, 2.75) is 25.7 Å². The number of rotatable bonds is 5. The van der Waals surface area contributed by atoms with Gasteiger partial charge in [-0.15, -0.1) is 11.3 Å². The van der Waals surface area contributed by atoms with Gasteiger partial charge >= 0.3 is 0 Å². The van der Waals surface area contributed by atoms with Crippen LogP contribution in [0.25, 0.3) is 0 Å². The molecule has 1 aromatic rings. The minimum absolute atomic E-state index is 0.222. The number of halogens is 1. The second-order valence-electron chi connectivity index (χ2n) is 4.19. The minimum Gasteiger partial charge on any atom is -0.292 e. The predicted octanol–water partition coefficient (Wildman–Crippen LogP) is 4.51. The van der Waals surface area contributed by atoms with E-state index in [0.717, 1.165) is 16.5 Å². The number of hydrogen-bond donors (Lipinski definition) is 0. The van der Waals surface area contributed by atoms with Gasteiger partial charge in [-0.3, -0.25) is 4.79 Å². The van der Waals surface area contributed by atoms with Gasteiger partial charge in [-0.05, 0) is 36.6 Å². The van der Waals surface area contributed by atoms with Crippen molar-refractivity contribution in [2.24, 2.45) is 5.92 Å². The predicted molar refractivity (Wildman–Crippen MR) is 72.9 cm³/mol. The molecule has 0 aromatic carbocycles. The Kier molecular flexibility index (Phi) is 4.74. The van der Waals surface area contributed by atoms with Crippen LogP contribution in [0.2, 0.25) is 4.34 Å². The number of thiophene rings is 1. The van der Waals surface area contributed by atoms with E-state index in [1.807, 2.05) is 6.07 Å². The molecule has 2 rings (SSSR count). The second kappa shape index (κ2) is 6.08. The molecule has 0 N–H and O–H groups in total. The Bertz CT molecular complexity index is 356. The average Bonchev–Trinajstić information content (AvgIpc) is 2.89. The van der Waals surface area contributed by atoms with E-state index >= 15 is 0 Å². The van der Waals surface area contributed by atoms with Crippen molar-refractivity contribution in [3.63, 3.8) is 0 Å². The molecule has 0 spiro atoms. The Labute approximate surface area is 110 Å². The van der Waals surface area contributed by atoms with Gasteiger partial charge in [-0.2, -0.15) is 11.8 Å². The van der Waals surface area contributed by atoms with Gasteiger partial charge < -0.3 is 0 Å². The lowest BCUT2D eigenvalue weighted by Crippen LogP contribution is -2.04. The largest absolute Gasteiger partial charge is 0.292 e. The Morgan fingerprint density at radius 1 is 1.44 bits per heavy atom. The molecule has 0 unspecified atom stereocenters. The van der Waals surface area contributed by atoms with Crippen molar-refractivity contribution in [1.29, 1.82) is 0 Å². The Hall–Kier alpha value is 0.01000. The molecule has 0 radical (unpaired) electrons. The highest BCUT2D eigenvalue weighted by atomic mass is 35.5. The van der Waals surface area contributed by atoms with Crippen LogP contribution in [0, 0.1) is 5.92 Å². The fourth-order valence-electron chi connectivity index (χ4n) is 2.03. The van der Waals surface area contributed by atoms with Crippen LogP contribution in [0.4, 0.5) is 0 Å². The number of thioether (sulfide) groups is 1. The number of Topliss-reactive ketones (excluding diaryl/α,β-unsaturated/α-hetero) is 1. The van der Waals surface area contributed by atoms with E-state index in [0.29, 0.717) is 10.1 Å². The topological polar surface area (TPSA) is 17.1 Å². The van der Waals surface area contributed by atoms with E-state index < -0.39 is 0 Å². The first-order valence-corrected chi connectivity index (χ1v) is 7.97. The van der Waals surface area contributed by atoms with E-state index in [9.17, 15) is 4.79 Å². The molecule has 1 nitrogen and oxygen atoms in total. The summed E-state index contributed by atoms with van der Waals surface area (Å²) in [4.78, 5) is 12.6. The lowest BCUT2D eigenvalue weighted by Gasteiger charge is -2.06. The van der Waals surface area contributed by atoms with Gasteiger partial charge in [0.15, 0.2) is 5.78 Å². The van der Waals surface area contributed by atoms with E-state index in [-0.39, 0.29) is 5.78 Å². The lowest BCUT2D eigenvalue weighted by molar-refractivity contribution is 0.102. The van der Waals surface area contributed by atoms with Gasteiger partial charge in [-0.25, -0.2) is 0 Å². The number of carbonyl (C=O) groups is 1. The van der Waals surface area contributed by atoms with Crippen molar-refractivity contribution in [1.82, 2.24) is 0 Å². The maximum absolute atomic E-state index is 11.8. The number of ketones is 1. The Morgan fingerprint density at radius 3 is 2.81 bits per heavy atom. The zero-order valence-electron chi connectivity index (χ0n) is 9.08. The fourth-order valence-corrected chi connectivity index (χ4v) is 4.23. The molecule has 1 aliphatic rings. The molecule has 1 heterocycles. The summed E-state index contributed by atoms with van der Waals surface area (Å²) in [6.45, 7) is 0. The number of hydrogen-bond acceptors (Lipinski definition) is 3. The van der Waals surface area contributed by atoms with Gasteiger partial charge in [0.1, 0.15) is 0 Å². The fraction of sp³-hybridized carbons (Fsp3) is 0.583. The normalized spacial score (nSPS) is 16.8. The Morgan fingerprint density at radius 2 is 2.19 bits per heavy atom. The molecular weight excluding hydrogens is 260 g/mol. The lowest BCUT2D eigenvalue weighted by atomic mass is 10.1. The third-order valence-corrected chi connectivity index (χ3v) is 5.36. The average molecular weight is 275 g/mol. The molecule has 88 valence electrons. The summed E-state index contributed by atoms with van der Waals surface area (Å²) < 4.78 is 0.698. The molecule has 16 heavy (non-hydrogen) atoms. The molecule has 1 aromatic heterocycles. The van der Waals surface area contributed by atoms with E-state index in [2.05, 4.69) is 0 Å². The highest BCUT2D eigenvalue weighted by molar-refractivity contribution is 8.00. The molecule has 0 saturated heterocycles. The summed E-state index contributed by atoms with van der Waals surface area (Å²) in [6, 6.07) is 3.62. The highest BCUT2D eigenvalue weighted by Gasteiger charge is 2.16. The summed E-state index contributed by atoms with van der Waals surface area (Å²) in [5.41, 5.74) is 0. The van der Waals surface area contributed by atoms with Crippen LogP contribution < -0.4 is 0 Å². The van der Waals surface area contributed by atoms with Crippen molar-refractivity contribution >= 4 is 40.5 Å². The first-order valence-electron chi connectivity index (χ1n) is 5.62. The van der Waals surface area contributed by atoms with Crippen LogP contribution in [-0.2, 0) is 0 Å². The molecular formula is C12H15ClOS2. The summed E-state index contributed by atoms with van der Waals surface area (Å²) in [7, 11) is 0. The van der Waals surface area contributed by atoms with E-state index in [1.54, 1.807) is 17.8 Å². The molecule has 4 heteroatoms. The summed E-state index contributed by atoms with van der Waals surface area (Å²) >= 11 is 8.96. The van der Waals surface area contributed by atoms with Crippen LogP contribution in [-0.4, -0.2) is 17.3 Å². The van der Waals surface area contributed by atoms with Crippen LogP contribution in [0.15, 0.2) is 12.1 Å². The van der Waals surface area contributed by atoms with Gasteiger partial charge in [0.2, 0.25) is 0 Å². The van der Waals surface area contributed by atoms with Gasteiger partial charge in [-0.1, -0.05) is 24.4 Å². The SMILES string of the molecule is O=C(CSCC1CCCC1)c1ccc(Cl)s1. The first kappa shape index (κ1) is 12.5. The van der Waals surface area contributed by atoms with Crippen molar-refractivity contribution in [3.8, 4) is 0 Å². The molecule has 1 aliphatic carbocycles. The maximum atomic E-state index is 11.8. The maximum Gasteiger partial charge on any atom is 0.182 e. The quantitative estimate of drug-likeness (QED) is 0.735. The van der Waals surface area contributed by atoms with Gasteiger partial charge in [0.25, 0.3) is 0 Å². The molecule has 1 saturated carbocycles. The van der Waals surface area contributed by atoms with Crippen LogP contribution in [0.1, 0.15) is 35.4 Å². The molecule has 1 fully saturated rings. The molecule has 0 bridgehead atoms. The highest BCUT2D eigenvalue weighted by Crippen LogP contribution is 2.28. The van der Waals surface area contributed by atoms with Gasteiger partial charge in [0.05, 0.1) is 15.0 Å². The monoisotopic (exact) mass is 274 g/mol. The zero-order valence-corrected chi connectivity index (χ0v) is 11.5. The smallest absolute Gasteiger partial charge is 0.182 e. The summed E-state index contributed by atoms with van der Waals surface area (Å²) in [6.07, 6.45) is 5.46. The minimum atomic E-state index is 0.222. The van der Waals surface area contributed by atoms with Crippen LogP contribution in [0.5, 0.6) is 0 Å². The Balaban J connectivity index is 1.71. The van der Waals surface area contributed by atoms with Crippen molar-refractivity contribution < 1.29 is 4.79 Å². The molecule has 0 atom stereocenters. The summed E-state index contributed by atoms with van der Waals surface area (Å²) in [5, 5.41) is 0. The number of carbonyl (C=O) groups excluding carboxylic acids is 1. The van der Waals surface area contributed by atoms with Gasteiger partial charge in [0, 0.05) is 0 Å². The molecule has 0 amide bonds. The van der Waals surface area contributed by atoms with Crippen molar-refractivity contribution in [3.05, 3.63) is 21.3 Å². The standard InChI is InChI=1S/C12H15ClOS2/c13-12-6-5-11(16-12)10(14)8-15-7-9-3-1-2-4-9/h5-6,9H,1-4,7-8H2. The van der Waals surface area contributed by atoms with Crippen LogP contribution in [0.3, 0.4) is 0 Å². The van der Waals surface area contributed by atoms with E-state index in [4.69, 9.17) is 11.6 Å². The zero-order chi connectivity index (χ0) is 11.4. The second-order valence-corrected chi connectivity index (χ2v) is 6.94.